The fourth-order valence-corrected chi connectivity index (χ4v) is 2.64. The lowest BCUT2D eigenvalue weighted by molar-refractivity contribution is -0.116. The van der Waals surface area contributed by atoms with Crippen molar-refractivity contribution in [2.24, 2.45) is 5.73 Å². The molecule has 0 radical (unpaired) electrons. The van der Waals surface area contributed by atoms with Gasteiger partial charge in [0.05, 0.1) is 17.8 Å². The molecule has 1 aliphatic carbocycles. The van der Waals surface area contributed by atoms with Gasteiger partial charge in [0.15, 0.2) is 6.29 Å². The smallest absolute Gasteiger partial charge is 0.172 e. The van der Waals surface area contributed by atoms with Crippen LogP contribution in [0.3, 0.4) is 0 Å². The van der Waals surface area contributed by atoms with Crippen LogP contribution >= 0.6 is 0 Å². The molecule has 1 aromatic rings. The molecule has 0 amide bonds. The first kappa shape index (κ1) is 13.5. The van der Waals surface area contributed by atoms with Crippen LogP contribution in [0.25, 0.3) is 0 Å². The summed E-state index contributed by atoms with van der Waals surface area (Å²) in [7, 11) is 3.20. The Labute approximate surface area is 108 Å². The maximum absolute atomic E-state index is 6.03. The van der Waals surface area contributed by atoms with Gasteiger partial charge >= 0.3 is 0 Å². The standard InChI is InChI=1S/C13H23N3O2/c1-17-13(18-2)12(14)9-10-7-8-16(15-10)11-5-3-4-6-11/h7-8,11-13H,3-6,9,14H2,1-2H3. The highest BCUT2D eigenvalue weighted by molar-refractivity contribution is 5.02. The first-order valence-corrected chi connectivity index (χ1v) is 6.59. The van der Waals surface area contributed by atoms with Gasteiger partial charge in [-0.25, -0.2) is 0 Å². The van der Waals surface area contributed by atoms with E-state index in [1.807, 2.05) is 6.07 Å². The molecule has 1 aromatic heterocycles. The van der Waals surface area contributed by atoms with Gasteiger partial charge in [0.25, 0.3) is 0 Å². The Kier molecular flexibility index (Phi) is 4.74. The molecule has 0 bridgehead atoms. The minimum Gasteiger partial charge on any atom is -0.354 e. The van der Waals surface area contributed by atoms with Gasteiger partial charge in [-0.3, -0.25) is 4.68 Å². The fourth-order valence-electron chi connectivity index (χ4n) is 2.64. The molecule has 0 aliphatic heterocycles. The van der Waals surface area contributed by atoms with Crippen molar-refractivity contribution in [1.29, 1.82) is 0 Å². The summed E-state index contributed by atoms with van der Waals surface area (Å²) in [5, 5.41) is 4.61. The zero-order valence-electron chi connectivity index (χ0n) is 11.2. The lowest BCUT2D eigenvalue weighted by Crippen LogP contribution is -2.39. The molecule has 0 saturated heterocycles. The third-order valence-electron chi connectivity index (χ3n) is 3.62. The molecule has 18 heavy (non-hydrogen) atoms. The van der Waals surface area contributed by atoms with Crippen molar-refractivity contribution in [1.82, 2.24) is 9.78 Å². The summed E-state index contributed by atoms with van der Waals surface area (Å²) in [6.07, 6.45) is 7.47. The second kappa shape index (κ2) is 6.31. The summed E-state index contributed by atoms with van der Waals surface area (Å²) < 4.78 is 12.4. The molecule has 1 saturated carbocycles. The minimum absolute atomic E-state index is 0.188. The Bertz CT molecular complexity index is 357. The van der Waals surface area contributed by atoms with Gasteiger partial charge in [0.2, 0.25) is 0 Å². The molecule has 5 heteroatoms. The summed E-state index contributed by atoms with van der Waals surface area (Å²) in [6.45, 7) is 0. The van der Waals surface area contributed by atoms with Gasteiger partial charge in [-0.15, -0.1) is 0 Å². The molecule has 102 valence electrons. The van der Waals surface area contributed by atoms with Crippen molar-refractivity contribution in [3.8, 4) is 0 Å². The molecule has 1 fully saturated rings. The number of hydrogen-bond acceptors (Lipinski definition) is 4. The summed E-state index contributed by atoms with van der Waals surface area (Å²) in [4.78, 5) is 0. The number of aromatic nitrogens is 2. The van der Waals surface area contributed by atoms with Crippen molar-refractivity contribution in [3.63, 3.8) is 0 Å². The van der Waals surface area contributed by atoms with Gasteiger partial charge in [-0.05, 0) is 18.9 Å². The van der Waals surface area contributed by atoms with Gasteiger partial charge < -0.3 is 15.2 Å². The van der Waals surface area contributed by atoms with E-state index in [1.165, 1.54) is 25.7 Å². The number of rotatable bonds is 6. The molecule has 5 nitrogen and oxygen atoms in total. The maximum atomic E-state index is 6.03. The highest BCUT2D eigenvalue weighted by Gasteiger charge is 2.20. The molecule has 0 spiro atoms. The summed E-state index contributed by atoms with van der Waals surface area (Å²) in [6, 6.07) is 2.43. The van der Waals surface area contributed by atoms with E-state index in [0.717, 1.165) is 5.69 Å². The number of methoxy groups -OCH3 is 2. The van der Waals surface area contributed by atoms with Crippen LogP contribution in [0.4, 0.5) is 0 Å². The van der Waals surface area contributed by atoms with E-state index in [-0.39, 0.29) is 12.3 Å². The Hall–Kier alpha value is -0.910. The number of ether oxygens (including phenoxy) is 2. The van der Waals surface area contributed by atoms with Crippen molar-refractivity contribution in [3.05, 3.63) is 18.0 Å². The summed E-state index contributed by atoms with van der Waals surface area (Å²) in [5.41, 5.74) is 7.04. The number of nitrogens with zero attached hydrogens (tertiary/aromatic N) is 2. The third-order valence-corrected chi connectivity index (χ3v) is 3.62. The van der Waals surface area contributed by atoms with E-state index >= 15 is 0 Å². The van der Waals surface area contributed by atoms with Crippen LogP contribution in [0.1, 0.15) is 37.4 Å². The zero-order valence-corrected chi connectivity index (χ0v) is 11.2. The predicted molar refractivity (Wildman–Crippen MR) is 69.2 cm³/mol. The van der Waals surface area contributed by atoms with E-state index in [4.69, 9.17) is 15.2 Å². The monoisotopic (exact) mass is 253 g/mol. The maximum Gasteiger partial charge on any atom is 0.172 e. The molecule has 1 heterocycles. The molecule has 2 N–H and O–H groups in total. The van der Waals surface area contributed by atoms with Crippen LogP contribution in [-0.2, 0) is 15.9 Å². The van der Waals surface area contributed by atoms with Gasteiger partial charge in [0, 0.05) is 26.8 Å². The first-order valence-electron chi connectivity index (χ1n) is 6.59. The van der Waals surface area contributed by atoms with E-state index < -0.39 is 0 Å². The molecule has 2 rings (SSSR count). The number of nitrogens with two attached hydrogens (primary N) is 1. The highest BCUT2D eigenvalue weighted by atomic mass is 16.7. The molecule has 0 aromatic carbocycles. The first-order chi connectivity index (χ1) is 8.74. The van der Waals surface area contributed by atoms with E-state index in [1.54, 1.807) is 14.2 Å². The van der Waals surface area contributed by atoms with Crippen LogP contribution in [0.5, 0.6) is 0 Å². The van der Waals surface area contributed by atoms with Crippen molar-refractivity contribution in [2.45, 2.75) is 50.5 Å². The van der Waals surface area contributed by atoms with Crippen LogP contribution in [-0.4, -0.2) is 36.3 Å². The predicted octanol–water partition coefficient (Wildman–Crippen LogP) is 1.49. The van der Waals surface area contributed by atoms with E-state index in [2.05, 4.69) is 16.0 Å². The minimum atomic E-state index is -0.373. The van der Waals surface area contributed by atoms with Crippen molar-refractivity contribution >= 4 is 0 Å². The fraction of sp³-hybridized carbons (Fsp3) is 0.769. The molecular formula is C13H23N3O2. The van der Waals surface area contributed by atoms with Crippen LogP contribution < -0.4 is 5.73 Å². The van der Waals surface area contributed by atoms with Crippen LogP contribution in [0.15, 0.2) is 12.3 Å². The highest BCUT2D eigenvalue weighted by Crippen LogP contribution is 2.28. The Morgan fingerprint density at radius 1 is 1.39 bits per heavy atom. The largest absolute Gasteiger partial charge is 0.354 e. The summed E-state index contributed by atoms with van der Waals surface area (Å²) >= 11 is 0. The molecule has 1 aliphatic rings. The Balaban J connectivity index is 1.93. The quantitative estimate of drug-likeness (QED) is 0.780. The van der Waals surface area contributed by atoms with Crippen molar-refractivity contribution in [2.75, 3.05) is 14.2 Å². The van der Waals surface area contributed by atoms with Crippen LogP contribution in [0.2, 0.25) is 0 Å². The normalized spacial score (nSPS) is 18.7. The van der Waals surface area contributed by atoms with E-state index in [9.17, 15) is 0 Å². The average molecular weight is 253 g/mol. The van der Waals surface area contributed by atoms with Crippen molar-refractivity contribution < 1.29 is 9.47 Å². The topological polar surface area (TPSA) is 62.3 Å². The van der Waals surface area contributed by atoms with Gasteiger partial charge in [-0.2, -0.15) is 5.10 Å². The number of hydrogen-bond donors (Lipinski definition) is 1. The van der Waals surface area contributed by atoms with E-state index in [0.29, 0.717) is 12.5 Å². The third kappa shape index (κ3) is 3.10. The molecular weight excluding hydrogens is 230 g/mol. The van der Waals surface area contributed by atoms with Gasteiger partial charge in [-0.1, -0.05) is 12.8 Å². The second-order valence-electron chi connectivity index (χ2n) is 4.93. The zero-order chi connectivity index (χ0) is 13.0. The SMILES string of the molecule is COC(OC)C(N)Cc1ccn(C2CCCC2)n1. The van der Waals surface area contributed by atoms with Crippen LogP contribution in [0, 0.1) is 0 Å². The average Bonchev–Trinajstić information content (AvgIpc) is 3.00. The Morgan fingerprint density at radius 3 is 2.67 bits per heavy atom. The molecule has 1 atom stereocenters. The lowest BCUT2D eigenvalue weighted by Gasteiger charge is -2.20. The molecule has 1 unspecified atom stereocenters. The lowest BCUT2D eigenvalue weighted by atomic mass is 10.1. The second-order valence-corrected chi connectivity index (χ2v) is 4.93. The Morgan fingerprint density at radius 2 is 2.06 bits per heavy atom. The summed E-state index contributed by atoms with van der Waals surface area (Å²) in [5.74, 6) is 0. The van der Waals surface area contributed by atoms with Gasteiger partial charge in [0.1, 0.15) is 0 Å².